The van der Waals surface area contributed by atoms with Gasteiger partial charge >= 0.3 is 0 Å². The number of benzene rings is 2. The second-order valence-electron chi connectivity index (χ2n) is 5.59. The van der Waals surface area contributed by atoms with Gasteiger partial charge in [-0.1, -0.05) is 54.4 Å². The first-order valence-electron chi connectivity index (χ1n) is 7.41. The van der Waals surface area contributed by atoms with E-state index in [4.69, 9.17) is 28.9 Å². The lowest BCUT2D eigenvalue weighted by Crippen LogP contribution is -2.38. The van der Waals surface area contributed by atoms with Crippen molar-refractivity contribution in [2.75, 3.05) is 13.6 Å². The Kier molecular flexibility index (Phi) is 6.05. The molecule has 23 heavy (non-hydrogen) atoms. The molecule has 0 aliphatic rings. The predicted octanol–water partition coefficient (Wildman–Crippen LogP) is 4.14. The van der Waals surface area contributed by atoms with Crippen LogP contribution in [0.1, 0.15) is 24.1 Å². The number of nitrogens with two attached hydrogens (primary N) is 1. The summed E-state index contributed by atoms with van der Waals surface area (Å²) in [6, 6.07) is 14.8. The number of halogens is 2. The average molecular weight is 351 g/mol. The van der Waals surface area contributed by atoms with E-state index in [1.807, 2.05) is 55.5 Å². The van der Waals surface area contributed by atoms with E-state index in [0.29, 0.717) is 16.6 Å². The highest BCUT2D eigenvalue weighted by atomic mass is 35.5. The number of carbonyl (C=O) groups is 1. The Morgan fingerprint density at radius 1 is 1.00 bits per heavy atom. The molecule has 0 bridgehead atoms. The Bertz CT molecular complexity index is 610. The topological polar surface area (TPSA) is 46.3 Å². The molecule has 0 fully saturated rings. The molecule has 5 heteroatoms. The molecule has 1 unspecified atom stereocenters. The van der Waals surface area contributed by atoms with Crippen molar-refractivity contribution in [3.63, 3.8) is 0 Å². The Hall–Kier alpha value is -1.55. The smallest absolute Gasteiger partial charge is 0.227 e. The molecule has 2 rings (SSSR count). The molecule has 2 aromatic rings. The molecule has 0 aromatic heterocycles. The van der Waals surface area contributed by atoms with Crippen LogP contribution in [0.25, 0.3) is 0 Å². The Balaban J connectivity index is 2.44. The Morgan fingerprint density at radius 3 is 1.74 bits per heavy atom. The van der Waals surface area contributed by atoms with E-state index in [1.165, 1.54) is 0 Å². The molecule has 0 radical (unpaired) electrons. The Morgan fingerprint density at radius 2 is 1.39 bits per heavy atom. The van der Waals surface area contributed by atoms with Gasteiger partial charge in [-0.15, -0.1) is 0 Å². The summed E-state index contributed by atoms with van der Waals surface area (Å²) in [4.78, 5) is 14.3. The van der Waals surface area contributed by atoms with Crippen molar-refractivity contribution >= 4 is 29.1 Å². The third-order valence-corrected chi connectivity index (χ3v) is 4.39. The summed E-state index contributed by atoms with van der Waals surface area (Å²) in [5.74, 6) is -0.232. The van der Waals surface area contributed by atoms with Gasteiger partial charge in [-0.25, -0.2) is 0 Å². The van der Waals surface area contributed by atoms with Crippen molar-refractivity contribution in [3.8, 4) is 0 Å². The minimum atomic E-state index is -0.234. The zero-order valence-electron chi connectivity index (χ0n) is 13.2. The minimum Gasteiger partial charge on any atom is -0.334 e. The van der Waals surface area contributed by atoms with Crippen LogP contribution in [-0.4, -0.2) is 24.4 Å². The summed E-state index contributed by atoms with van der Waals surface area (Å²) >= 11 is 12.0. The van der Waals surface area contributed by atoms with Crippen molar-refractivity contribution in [2.24, 2.45) is 11.7 Å². The normalized spacial score (nSPS) is 12.3. The largest absolute Gasteiger partial charge is 0.334 e. The zero-order valence-corrected chi connectivity index (χ0v) is 14.7. The van der Waals surface area contributed by atoms with Crippen molar-refractivity contribution < 1.29 is 4.79 Å². The van der Waals surface area contributed by atoms with Crippen LogP contribution in [0, 0.1) is 5.92 Å². The van der Waals surface area contributed by atoms with Crippen molar-refractivity contribution in [1.29, 1.82) is 0 Å². The fraction of sp³-hybridized carbons (Fsp3) is 0.278. The number of amides is 1. The second kappa shape index (κ2) is 7.82. The van der Waals surface area contributed by atoms with E-state index in [2.05, 4.69) is 0 Å². The van der Waals surface area contributed by atoms with Crippen molar-refractivity contribution in [1.82, 2.24) is 4.90 Å². The summed E-state index contributed by atoms with van der Waals surface area (Å²) < 4.78 is 0. The molecule has 0 saturated carbocycles. The number of carbonyl (C=O) groups excluding carboxylic acids is 1. The van der Waals surface area contributed by atoms with Gasteiger partial charge in [-0.05, 0) is 35.4 Å². The highest BCUT2D eigenvalue weighted by Gasteiger charge is 2.26. The molecule has 1 atom stereocenters. The van der Waals surface area contributed by atoms with E-state index in [1.54, 1.807) is 11.9 Å². The van der Waals surface area contributed by atoms with Crippen molar-refractivity contribution in [3.05, 3.63) is 69.7 Å². The average Bonchev–Trinajstić information content (AvgIpc) is 2.57. The highest BCUT2D eigenvalue weighted by molar-refractivity contribution is 6.30. The quantitative estimate of drug-likeness (QED) is 0.880. The van der Waals surface area contributed by atoms with Crippen LogP contribution in [-0.2, 0) is 4.79 Å². The number of nitrogens with zero attached hydrogens (tertiary/aromatic N) is 1. The summed E-state index contributed by atoms with van der Waals surface area (Å²) in [7, 11) is 1.79. The predicted molar refractivity (Wildman–Crippen MR) is 95.7 cm³/mol. The monoisotopic (exact) mass is 350 g/mol. The summed E-state index contributed by atoms with van der Waals surface area (Å²) in [5.41, 5.74) is 7.61. The zero-order chi connectivity index (χ0) is 17.0. The van der Waals surface area contributed by atoms with E-state index in [0.717, 1.165) is 11.1 Å². The lowest BCUT2D eigenvalue weighted by Gasteiger charge is -2.31. The van der Waals surface area contributed by atoms with Crippen LogP contribution in [0.3, 0.4) is 0 Å². The molecule has 0 heterocycles. The molecule has 0 spiro atoms. The first-order chi connectivity index (χ1) is 10.9. The fourth-order valence-electron chi connectivity index (χ4n) is 2.51. The number of rotatable bonds is 5. The van der Waals surface area contributed by atoms with E-state index in [-0.39, 0.29) is 17.9 Å². The van der Waals surface area contributed by atoms with Crippen LogP contribution in [0.4, 0.5) is 0 Å². The van der Waals surface area contributed by atoms with Gasteiger partial charge in [-0.2, -0.15) is 0 Å². The first kappa shape index (κ1) is 17.8. The van der Waals surface area contributed by atoms with Gasteiger partial charge in [0.05, 0.1) is 6.04 Å². The van der Waals surface area contributed by atoms with Crippen LogP contribution in [0.15, 0.2) is 48.5 Å². The minimum absolute atomic E-state index is 0.00222. The molecule has 3 nitrogen and oxygen atoms in total. The molecule has 0 aliphatic carbocycles. The lowest BCUT2D eigenvalue weighted by atomic mass is 9.96. The van der Waals surface area contributed by atoms with Gasteiger partial charge in [0.25, 0.3) is 0 Å². The lowest BCUT2D eigenvalue weighted by molar-refractivity contribution is -0.134. The van der Waals surface area contributed by atoms with E-state index < -0.39 is 0 Å². The van der Waals surface area contributed by atoms with Crippen LogP contribution in [0.2, 0.25) is 10.0 Å². The molecule has 2 N–H and O–H groups in total. The van der Waals surface area contributed by atoms with Crippen LogP contribution < -0.4 is 5.73 Å². The van der Waals surface area contributed by atoms with Gasteiger partial charge in [0.1, 0.15) is 0 Å². The molecule has 0 saturated heterocycles. The maximum absolute atomic E-state index is 12.6. The van der Waals surface area contributed by atoms with Gasteiger partial charge in [0.2, 0.25) is 5.91 Å². The summed E-state index contributed by atoms with van der Waals surface area (Å²) in [6.45, 7) is 2.15. The molecular formula is C18H20Cl2N2O. The third kappa shape index (κ3) is 4.25. The highest BCUT2D eigenvalue weighted by Crippen LogP contribution is 2.30. The SMILES string of the molecule is CC(CN)C(=O)N(C)C(c1ccc(Cl)cc1)c1ccc(Cl)cc1. The number of hydrogen-bond donors (Lipinski definition) is 1. The van der Waals surface area contributed by atoms with Gasteiger partial charge in [0.15, 0.2) is 0 Å². The van der Waals surface area contributed by atoms with Crippen molar-refractivity contribution in [2.45, 2.75) is 13.0 Å². The Labute approximate surface area is 147 Å². The summed E-state index contributed by atoms with van der Waals surface area (Å²) in [6.07, 6.45) is 0. The van der Waals surface area contributed by atoms with Gasteiger partial charge in [0, 0.05) is 29.6 Å². The van der Waals surface area contributed by atoms with Gasteiger partial charge in [-0.3, -0.25) is 4.79 Å². The summed E-state index contributed by atoms with van der Waals surface area (Å²) in [5, 5.41) is 1.32. The molecule has 1 amide bonds. The van der Waals surface area contributed by atoms with Gasteiger partial charge < -0.3 is 10.6 Å². The standard InChI is InChI=1S/C18H20Cl2N2O/c1-12(11-21)18(23)22(2)17(13-3-7-15(19)8-4-13)14-5-9-16(20)10-6-14/h3-10,12,17H,11,21H2,1-2H3. The number of hydrogen-bond acceptors (Lipinski definition) is 2. The van der Waals surface area contributed by atoms with Crippen LogP contribution in [0.5, 0.6) is 0 Å². The van der Waals surface area contributed by atoms with Crippen LogP contribution >= 0.6 is 23.2 Å². The molecule has 0 aliphatic heterocycles. The second-order valence-corrected chi connectivity index (χ2v) is 6.46. The van der Waals surface area contributed by atoms with E-state index in [9.17, 15) is 4.79 Å². The maximum atomic E-state index is 12.6. The molecule has 2 aromatic carbocycles. The third-order valence-electron chi connectivity index (χ3n) is 3.88. The maximum Gasteiger partial charge on any atom is 0.227 e. The molecular weight excluding hydrogens is 331 g/mol. The molecule has 122 valence electrons. The first-order valence-corrected chi connectivity index (χ1v) is 8.17. The fourth-order valence-corrected chi connectivity index (χ4v) is 2.76. The van der Waals surface area contributed by atoms with E-state index >= 15 is 0 Å².